The van der Waals surface area contributed by atoms with Gasteiger partial charge in [0, 0.05) is 24.0 Å². The lowest BCUT2D eigenvalue weighted by Gasteiger charge is -2.14. The molecular weight excluding hydrogens is 326 g/mol. The highest BCUT2D eigenvalue weighted by atomic mass is 16.2. The molecule has 0 radical (unpaired) electrons. The fourth-order valence-electron chi connectivity index (χ4n) is 2.57. The average molecular weight is 353 g/mol. The van der Waals surface area contributed by atoms with Crippen molar-refractivity contribution in [3.63, 3.8) is 0 Å². The molecule has 0 aliphatic rings. The molecule has 5 nitrogen and oxygen atoms in total. The summed E-state index contributed by atoms with van der Waals surface area (Å²) in [6.07, 6.45) is 2.39. The number of carbonyl (C=O) groups is 2. The number of hydrogen-bond donors (Lipinski definition) is 2. The highest BCUT2D eigenvalue weighted by Gasteiger charge is 2.14. The molecule has 0 bridgehead atoms. The number of pyridine rings is 1. The Balaban J connectivity index is 2.10. The normalized spacial score (nSPS) is 10.8. The molecule has 5 heteroatoms. The smallest absolute Gasteiger partial charge is 0.269 e. The maximum Gasteiger partial charge on any atom is 0.269 e. The number of rotatable bonds is 7. The molecule has 1 aromatic heterocycles. The highest BCUT2D eigenvalue weighted by Crippen LogP contribution is 2.24. The number of hydrogen-bond acceptors (Lipinski definition) is 3. The van der Waals surface area contributed by atoms with Crippen molar-refractivity contribution >= 4 is 17.5 Å². The summed E-state index contributed by atoms with van der Waals surface area (Å²) in [5, 5.41) is 5.77. The maximum absolute atomic E-state index is 12.6. The van der Waals surface area contributed by atoms with E-state index in [1.807, 2.05) is 24.3 Å². The monoisotopic (exact) mass is 353 g/mol. The van der Waals surface area contributed by atoms with Gasteiger partial charge in [-0.3, -0.25) is 14.6 Å². The van der Waals surface area contributed by atoms with Crippen LogP contribution in [0.25, 0.3) is 0 Å². The molecule has 1 heterocycles. The van der Waals surface area contributed by atoms with Crippen LogP contribution in [-0.2, 0) is 0 Å². The van der Waals surface area contributed by atoms with Gasteiger partial charge in [-0.05, 0) is 42.0 Å². The van der Waals surface area contributed by atoms with Gasteiger partial charge >= 0.3 is 0 Å². The van der Waals surface area contributed by atoms with Gasteiger partial charge in [-0.15, -0.1) is 0 Å². The van der Waals surface area contributed by atoms with Gasteiger partial charge in [0.2, 0.25) is 0 Å². The van der Waals surface area contributed by atoms with Gasteiger partial charge < -0.3 is 10.6 Å². The van der Waals surface area contributed by atoms with Crippen LogP contribution in [0.1, 0.15) is 66.4 Å². The Kier molecular flexibility index (Phi) is 6.89. The molecule has 2 amide bonds. The molecule has 138 valence electrons. The average Bonchev–Trinajstić information content (AvgIpc) is 2.61. The van der Waals surface area contributed by atoms with E-state index in [4.69, 9.17) is 0 Å². The van der Waals surface area contributed by atoms with Crippen LogP contribution in [0.4, 0.5) is 5.69 Å². The molecular formula is C21H27N3O2. The number of carbonyl (C=O) groups excluding carboxylic acids is 2. The second-order valence-electron chi connectivity index (χ2n) is 7.06. The third-order valence-corrected chi connectivity index (χ3v) is 4.09. The van der Waals surface area contributed by atoms with E-state index >= 15 is 0 Å². The summed E-state index contributed by atoms with van der Waals surface area (Å²) in [5.74, 6) is 0.298. The predicted octanol–water partition coefficient (Wildman–Crippen LogP) is 4.23. The predicted molar refractivity (Wildman–Crippen MR) is 105 cm³/mol. The van der Waals surface area contributed by atoms with Crippen molar-refractivity contribution in [1.29, 1.82) is 0 Å². The molecule has 2 N–H and O–H groups in total. The van der Waals surface area contributed by atoms with E-state index in [1.54, 1.807) is 6.07 Å². The van der Waals surface area contributed by atoms with Crippen molar-refractivity contribution in [3.8, 4) is 0 Å². The minimum atomic E-state index is -0.261. The van der Waals surface area contributed by atoms with Crippen LogP contribution in [0.3, 0.4) is 0 Å². The summed E-state index contributed by atoms with van der Waals surface area (Å²) >= 11 is 0. The van der Waals surface area contributed by atoms with Crippen LogP contribution in [0.2, 0.25) is 0 Å². The Bertz CT molecular complexity index is 769. The Hall–Kier alpha value is -2.69. The third-order valence-electron chi connectivity index (χ3n) is 4.09. The SMILES string of the molecule is CC(C)CCNC(=O)c1cc(C(=O)Nc2ccccc2C(C)C)ccn1. The fraction of sp³-hybridized carbons (Fsp3) is 0.381. The minimum Gasteiger partial charge on any atom is -0.351 e. The zero-order chi connectivity index (χ0) is 19.1. The van der Waals surface area contributed by atoms with Crippen molar-refractivity contribution in [3.05, 3.63) is 59.4 Å². The van der Waals surface area contributed by atoms with Crippen molar-refractivity contribution in [2.75, 3.05) is 11.9 Å². The summed E-state index contributed by atoms with van der Waals surface area (Å²) in [6, 6.07) is 10.9. The van der Waals surface area contributed by atoms with Crippen LogP contribution in [-0.4, -0.2) is 23.3 Å². The zero-order valence-corrected chi connectivity index (χ0v) is 15.9. The molecule has 2 aromatic rings. The molecule has 0 spiro atoms. The molecule has 0 aliphatic carbocycles. The minimum absolute atomic E-state index is 0.249. The van der Waals surface area contributed by atoms with Crippen LogP contribution in [0.5, 0.6) is 0 Å². The highest BCUT2D eigenvalue weighted by molar-refractivity contribution is 6.06. The maximum atomic E-state index is 12.6. The van der Waals surface area contributed by atoms with Crippen LogP contribution < -0.4 is 10.6 Å². The van der Waals surface area contributed by atoms with Gasteiger partial charge in [-0.25, -0.2) is 0 Å². The summed E-state index contributed by atoms with van der Waals surface area (Å²) in [5.41, 5.74) is 2.51. The summed E-state index contributed by atoms with van der Waals surface area (Å²) in [6.45, 7) is 8.96. The topological polar surface area (TPSA) is 71.1 Å². The van der Waals surface area contributed by atoms with E-state index in [2.05, 4.69) is 43.3 Å². The third kappa shape index (κ3) is 5.41. The summed E-state index contributed by atoms with van der Waals surface area (Å²) in [4.78, 5) is 28.9. The largest absolute Gasteiger partial charge is 0.351 e. The quantitative estimate of drug-likeness (QED) is 0.782. The standard InChI is InChI=1S/C21H27N3O2/c1-14(2)9-11-23-21(26)19-13-16(10-12-22-19)20(25)24-18-8-6-5-7-17(18)15(3)4/h5-8,10,12-15H,9,11H2,1-4H3,(H,23,26)(H,24,25). The van der Waals surface area contributed by atoms with E-state index in [9.17, 15) is 9.59 Å². The molecule has 0 saturated heterocycles. The van der Waals surface area contributed by atoms with E-state index in [1.165, 1.54) is 12.3 Å². The van der Waals surface area contributed by atoms with E-state index in [-0.39, 0.29) is 17.5 Å². The Morgan fingerprint density at radius 1 is 1.04 bits per heavy atom. The van der Waals surface area contributed by atoms with Crippen LogP contribution in [0.15, 0.2) is 42.6 Å². The van der Waals surface area contributed by atoms with E-state index in [0.717, 1.165) is 17.7 Å². The second kappa shape index (κ2) is 9.13. The molecule has 26 heavy (non-hydrogen) atoms. The first kappa shape index (κ1) is 19.6. The lowest BCUT2D eigenvalue weighted by atomic mass is 10.0. The Morgan fingerprint density at radius 2 is 1.77 bits per heavy atom. The molecule has 1 aromatic carbocycles. The Morgan fingerprint density at radius 3 is 2.46 bits per heavy atom. The van der Waals surface area contributed by atoms with Gasteiger partial charge in [-0.1, -0.05) is 45.9 Å². The van der Waals surface area contributed by atoms with E-state index in [0.29, 0.717) is 23.9 Å². The first-order valence-corrected chi connectivity index (χ1v) is 9.03. The van der Waals surface area contributed by atoms with Gasteiger partial charge in [-0.2, -0.15) is 0 Å². The number of para-hydroxylation sites is 1. The van der Waals surface area contributed by atoms with Crippen LogP contribution >= 0.6 is 0 Å². The van der Waals surface area contributed by atoms with Gasteiger partial charge in [0.25, 0.3) is 11.8 Å². The number of benzene rings is 1. The molecule has 0 atom stereocenters. The van der Waals surface area contributed by atoms with Crippen molar-refractivity contribution in [1.82, 2.24) is 10.3 Å². The number of nitrogens with zero attached hydrogens (tertiary/aromatic N) is 1. The molecule has 0 saturated carbocycles. The first-order valence-electron chi connectivity index (χ1n) is 9.03. The Labute approximate surface area is 155 Å². The lowest BCUT2D eigenvalue weighted by molar-refractivity contribution is 0.0947. The summed E-state index contributed by atoms with van der Waals surface area (Å²) < 4.78 is 0. The van der Waals surface area contributed by atoms with Gasteiger partial charge in [0.15, 0.2) is 0 Å². The molecule has 0 aliphatic heterocycles. The van der Waals surface area contributed by atoms with E-state index < -0.39 is 0 Å². The van der Waals surface area contributed by atoms with Crippen molar-refractivity contribution < 1.29 is 9.59 Å². The molecule has 0 fully saturated rings. The van der Waals surface area contributed by atoms with Gasteiger partial charge in [0.05, 0.1) is 0 Å². The number of aromatic nitrogens is 1. The van der Waals surface area contributed by atoms with Gasteiger partial charge in [0.1, 0.15) is 5.69 Å². The van der Waals surface area contributed by atoms with Crippen molar-refractivity contribution in [2.24, 2.45) is 5.92 Å². The zero-order valence-electron chi connectivity index (χ0n) is 15.9. The fourth-order valence-corrected chi connectivity index (χ4v) is 2.57. The molecule has 2 rings (SSSR count). The van der Waals surface area contributed by atoms with Crippen molar-refractivity contribution in [2.45, 2.75) is 40.0 Å². The molecule has 0 unspecified atom stereocenters. The number of anilines is 1. The summed E-state index contributed by atoms with van der Waals surface area (Å²) in [7, 11) is 0. The lowest BCUT2D eigenvalue weighted by Crippen LogP contribution is -2.26. The number of nitrogens with one attached hydrogen (secondary N) is 2. The van der Waals surface area contributed by atoms with Crippen LogP contribution in [0, 0.1) is 5.92 Å². The number of amides is 2. The first-order chi connectivity index (χ1) is 12.4. The second-order valence-corrected chi connectivity index (χ2v) is 7.06.